The van der Waals surface area contributed by atoms with E-state index in [9.17, 15) is 9.46 Å². The van der Waals surface area contributed by atoms with Crippen LogP contribution in [0.2, 0.25) is 0 Å². The lowest BCUT2D eigenvalue weighted by molar-refractivity contribution is 0.265. The van der Waals surface area contributed by atoms with Crippen LogP contribution in [0.15, 0.2) is 60.7 Å². The van der Waals surface area contributed by atoms with Gasteiger partial charge in [0.05, 0.1) is 11.9 Å². The molecule has 0 amide bonds. The minimum absolute atomic E-state index is 0.275. The molecule has 0 spiro atoms. The number of hydrogen-bond donors (Lipinski definition) is 1. The highest BCUT2D eigenvalue weighted by atomic mass is 31.2. The average Bonchev–Trinajstić information content (AvgIpc) is 2.46. The average molecular weight is 276 g/mol. The summed E-state index contributed by atoms with van der Waals surface area (Å²) in [5.41, 5.74) is 1.21. The molecular formula is C15H17O3P. The first-order valence-corrected chi connectivity index (χ1v) is 7.83. The molecule has 3 nitrogen and oxygen atoms in total. The van der Waals surface area contributed by atoms with Gasteiger partial charge in [-0.25, -0.2) is 0 Å². The molecule has 0 heterocycles. The van der Waals surface area contributed by atoms with E-state index in [0.717, 1.165) is 12.8 Å². The van der Waals surface area contributed by atoms with Crippen LogP contribution in [0.5, 0.6) is 0 Å². The van der Waals surface area contributed by atoms with Gasteiger partial charge in [-0.2, -0.15) is 0 Å². The van der Waals surface area contributed by atoms with Crippen molar-refractivity contribution in [2.24, 2.45) is 0 Å². The highest BCUT2D eigenvalue weighted by Crippen LogP contribution is 2.40. The Hall–Kier alpha value is -1.41. The van der Waals surface area contributed by atoms with Crippen LogP contribution in [0.1, 0.15) is 12.0 Å². The first kappa shape index (κ1) is 14.0. The second-order valence-corrected chi connectivity index (χ2v) is 6.09. The van der Waals surface area contributed by atoms with Crippen LogP contribution in [0.3, 0.4) is 0 Å². The van der Waals surface area contributed by atoms with Crippen molar-refractivity contribution in [1.29, 1.82) is 0 Å². The summed E-state index contributed by atoms with van der Waals surface area (Å²) in [6.07, 6.45) is 1.57. The summed E-state index contributed by atoms with van der Waals surface area (Å²) < 4.78 is 17.1. The van der Waals surface area contributed by atoms with Gasteiger partial charge in [-0.05, 0) is 30.5 Å². The zero-order valence-electron chi connectivity index (χ0n) is 10.6. The van der Waals surface area contributed by atoms with Gasteiger partial charge >= 0.3 is 7.60 Å². The lowest BCUT2D eigenvalue weighted by atomic mass is 10.1. The van der Waals surface area contributed by atoms with Crippen LogP contribution >= 0.6 is 7.60 Å². The summed E-state index contributed by atoms with van der Waals surface area (Å²) in [7, 11) is -3.67. The van der Waals surface area contributed by atoms with E-state index in [2.05, 4.69) is 0 Å². The first-order chi connectivity index (χ1) is 9.18. The minimum atomic E-state index is -3.67. The number of rotatable bonds is 6. The fourth-order valence-corrected chi connectivity index (χ4v) is 2.87. The first-order valence-electron chi connectivity index (χ1n) is 6.25. The van der Waals surface area contributed by atoms with E-state index >= 15 is 0 Å². The maximum atomic E-state index is 12.0. The lowest BCUT2D eigenvalue weighted by Crippen LogP contribution is -2.07. The zero-order chi connectivity index (χ0) is 13.6. The summed E-state index contributed by atoms with van der Waals surface area (Å²) in [6.45, 7) is 0.275. The molecule has 0 saturated carbocycles. The Bertz CT molecular complexity index is 540. The van der Waals surface area contributed by atoms with Gasteiger partial charge in [-0.3, -0.25) is 4.57 Å². The van der Waals surface area contributed by atoms with E-state index in [1.807, 2.05) is 30.3 Å². The summed E-state index contributed by atoms with van der Waals surface area (Å²) in [5, 5.41) is 0.342. The molecule has 19 heavy (non-hydrogen) atoms. The molecule has 0 aliphatic heterocycles. The van der Waals surface area contributed by atoms with Crippen molar-refractivity contribution in [2.45, 2.75) is 12.8 Å². The molecule has 1 atom stereocenters. The van der Waals surface area contributed by atoms with E-state index in [-0.39, 0.29) is 6.61 Å². The lowest BCUT2D eigenvalue weighted by Gasteiger charge is -2.12. The Morgan fingerprint density at radius 1 is 0.947 bits per heavy atom. The molecule has 0 fully saturated rings. The third-order valence-electron chi connectivity index (χ3n) is 2.80. The van der Waals surface area contributed by atoms with Gasteiger partial charge in [0.25, 0.3) is 0 Å². The van der Waals surface area contributed by atoms with Crippen LogP contribution in [-0.4, -0.2) is 11.5 Å². The molecular weight excluding hydrogens is 259 g/mol. The molecule has 1 N–H and O–H groups in total. The fraction of sp³-hybridized carbons (Fsp3) is 0.200. The summed E-state index contributed by atoms with van der Waals surface area (Å²) in [4.78, 5) is 9.82. The SMILES string of the molecule is O=P(O)(OCCCc1ccccc1)c1ccccc1. The Labute approximate surface area is 113 Å². The topological polar surface area (TPSA) is 46.5 Å². The normalized spacial score (nSPS) is 13.9. The molecule has 1 unspecified atom stereocenters. The van der Waals surface area contributed by atoms with Gasteiger partial charge in [-0.1, -0.05) is 48.5 Å². The van der Waals surface area contributed by atoms with Crippen molar-refractivity contribution in [3.05, 3.63) is 66.2 Å². The fourth-order valence-electron chi connectivity index (χ4n) is 1.80. The summed E-state index contributed by atoms with van der Waals surface area (Å²) >= 11 is 0. The quantitative estimate of drug-likeness (QED) is 0.651. The highest BCUT2D eigenvalue weighted by molar-refractivity contribution is 7.61. The maximum absolute atomic E-state index is 12.0. The van der Waals surface area contributed by atoms with Crippen LogP contribution in [-0.2, 0) is 15.5 Å². The number of aryl methyl sites for hydroxylation is 1. The van der Waals surface area contributed by atoms with Crippen molar-refractivity contribution in [1.82, 2.24) is 0 Å². The Morgan fingerprint density at radius 3 is 2.16 bits per heavy atom. The van der Waals surface area contributed by atoms with Crippen LogP contribution < -0.4 is 5.30 Å². The Morgan fingerprint density at radius 2 is 1.53 bits per heavy atom. The maximum Gasteiger partial charge on any atom is 0.358 e. The Balaban J connectivity index is 1.81. The van der Waals surface area contributed by atoms with E-state index in [1.165, 1.54) is 5.56 Å². The molecule has 0 aliphatic carbocycles. The second-order valence-electron chi connectivity index (χ2n) is 4.28. The molecule has 0 bridgehead atoms. The molecule has 0 aromatic heterocycles. The Kier molecular flexibility index (Phi) is 4.92. The monoisotopic (exact) mass is 276 g/mol. The van der Waals surface area contributed by atoms with E-state index < -0.39 is 7.60 Å². The van der Waals surface area contributed by atoms with Crippen molar-refractivity contribution in [3.63, 3.8) is 0 Å². The zero-order valence-corrected chi connectivity index (χ0v) is 11.5. The van der Waals surface area contributed by atoms with Crippen molar-refractivity contribution in [3.8, 4) is 0 Å². The van der Waals surface area contributed by atoms with Gasteiger partial charge < -0.3 is 9.42 Å². The minimum Gasteiger partial charge on any atom is -0.321 e. The molecule has 0 aliphatic rings. The number of hydrogen-bond acceptors (Lipinski definition) is 2. The van der Waals surface area contributed by atoms with E-state index in [1.54, 1.807) is 30.3 Å². The predicted molar refractivity (Wildman–Crippen MR) is 76.6 cm³/mol. The van der Waals surface area contributed by atoms with Gasteiger partial charge in [0, 0.05) is 0 Å². The summed E-state index contributed by atoms with van der Waals surface area (Å²) in [6, 6.07) is 18.5. The van der Waals surface area contributed by atoms with Crippen molar-refractivity contribution >= 4 is 12.9 Å². The van der Waals surface area contributed by atoms with Crippen LogP contribution in [0.4, 0.5) is 0 Å². The molecule has 0 saturated heterocycles. The summed E-state index contributed by atoms with van der Waals surface area (Å²) in [5.74, 6) is 0. The molecule has 4 heteroatoms. The highest BCUT2D eigenvalue weighted by Gasteiger charge is 2.21. The van der Waals surface area contributed by atoms with Gasteiger partial charge in [0.15, 0.2) is 0 Å². The smallest absolute Gasteiger partial charge is 0.321 e. The van der Waals surface area contributed by atoms with Crippen molar-refractivity contribution in [2.75, 3.05) is 6.61 Å². The van der Waals surface area contributed by atoms with Crippen LogP contribution in [0.25, 0.3) is 0 Å². The van der Waals surface area contributed by atoms with Crippen molar-refractivity contribution < 1.29 is 14.0 Å². The van der Waals surface area contributed by atoms with Gasteiger partial charge in [0.2, 0.25) is 0 Å². The van der Waals surface area contributed by atoms with E-state index in [4.69, 9.17) is 4.52 Å². The standard InChI is InChI=1S/C15H17O3P/c16-19(17,15-11-5-2-6-12-15)18-13-7-10-14-8-3-1-4-9-14/h1-6,8-9,11-12H,7,10,13H2,(H,16,17). The second kappa shape index (κ2) is 6.67. The molecule has 2 rings (SSSR count). The third kappa shape index (κ3) is 4.32. The van der Waals surface area contributed by atoms with E-state index in [0.29, 0.717) is 5.30 Å². The molecule has 0 radical (unpaired) electrons. The third-order valence-corrected chi connectivity index (χ3v) is 4.28. The molecule has 100 valence electrons. The predicted octanol–water partition coefficient (Wildman–Crippen LogP) is 3.15. The van der Waals surface area contributed by atoms with Gasteiger partial charge in [0.1, 0.15) is 0 Å². The van der Waals surface area contributed by atoms with Crippen LogP contribution in [0, 0.1) is 0 Å². The largest absolute Gasteiger partial charge is 0.358 e. The number of benzene rings is 2. The van der Waals surface area contributed by atoms with Gasteiger partial charge in [-0.15, -0.1) is 0 Å². The molecule has 2 aromatic rings. The molecule has 2 aromatic carbocycles.